The summed E-state index contributed by atoms with van der Waals surface area (Å²) >= 11 is 1.40. The Morgan fingerprint density at radius 3 is 2.26 bits per heavy atom. The van der Waals surface area contributed by atoms with Crippen LogP contribution in [0.2, 0.25) is 0 Å². The molecule has 0 fully saturated rings. The van der Waals surface area contributed by atoms with Crippen LogP contribution in [0.5, 0.6) is 0 Å². The summed E-state index contributed by atoms with van der Waals surface area (Å²) in [6, 6.07) is 21.0. The number of hydrogen-bond donors (Lipinski definition) is 2. The summed E-state index contributed by atoms with van der Waals surface area (Å²) in [5.74, 6) is 0.326. The number of carbonyl (C=O) groups excluding carboxylic acids is 2. The zero-order valence-electron chi connectivity index (χ0n) is 14.8. The van der Waals surface area contributed by atoms with Crippen molar-refractivity contribution in [1.29, 1.82) is 5.26 Å². The van der Waals surface area contributed by atoms with Crippen molar-refractivity contribution in [2.75, 3.05) is 13.1 Å². The van der Waals surface area contributed by atoms with Crippen LogP contribution < -0.4 is 10.6 Å². The van der Waals surface area contributed by atoms with Gasteiger partial charge in [0.1, 0.15) is 18.4 Å². The van der Waals surface area contributed by atoms with Crippen molar-refractivity contribution in [3.05, 3.63) is 71.8 Å². The van der Waals surface area contributed by atoms with E-state index < -0.39 is 11.3 Å². The number of alkyl carbamates (subject to hydrolysis) is 1. The Kier molecular flexibility index (Phi) is 8.74. The van der Waals surface area contributed by atoms with Gasteiger partial charge in [-0.1, -0.05) is 60.7 Å². The van der Waals surface area contributed by atoms with Crippen LogP contribution in [-0.4, -0.2) is 30.3 Å². The molecule has 0 bridgehead atoms. The predicted octanol–water partition coefficient (Wildman–Crippen LogP) is 2.85. The average Bonchev–Trinajstić information content (AvgIpc) is 2.72. The van der Waals surface area contributed by atoms with Crippen molar-refractivity contribution < 1.29 is 14.3 Å². The van der Waals surface area contributed by atoms with E-state index in [-0.39, 0.29) is 25.6 Å². The van der Waals surface area contributed by atoms with Gasteiger partial charge in [0.05, 0.1) is 6.07 Å². The van der Waals surface area contributed by atoms with Crippen molar-refractivity contribution in [3.8, 4) is 6.07 Å². The van der Waals surface area contributed by atoms with Gasteiger partial charge in [-0.2, -0.15) is 5.26 Å². The van der Waals surface area contributed by atoms with Gasteiger partial charge < -0.3 is 15.4 Å². The van der Waals surface area contributed by atoms with Gasteiger partial charge in [0, 0.05) is 12.3 Å². The van der Waals surface area contributed by atoms with Crippen LogP contribution in [0, 0.1) is 11.3 Å². The van der Waals surface area contributed by atoms with Crippen LogP contribution in [-0.2, 0) is 21.9 Å². The molecule has 0 radical (unpaired) electrons. The normalized spacial score (nSPS) is 11.1. The number of amides is 2. The van der Waals surface area contributed by atoms with Gasteiger partial charge in [-0.15, -0.1) is 11.8 Å². The summed E-state index contributed by atoms with van der Waals surface area (Å²) in [6.07, 6.45) is -0.586. The van der Waals surface area contributed by atoms with Crippen LogP contribution >= 0.6 is 11.8 Å². The Morgan fingerprint density at radius 2 is 1.63 bits per heavy atom. The summed E-state index contributed by atoms with van der Waals surface area (Å²) in [5.41, 5.74) is 1.96. The van der Waals surface area contributed by atoms with Gasteiger partial charge in [-0.25, -0.2) is 4.79 Å². The largest absolute Gasteiger partial charge is 0.445 e. The van der Waals surface area contributed by atoms with Crippen LogP contribution in [0.3, 0.4) is 0 Å². The maximum atomic E-state index is 12.2. The van der Waals surface area contributed by atoms with Gasteiger partial charge in [-0.3, -0.25) is 4.79 Å². The third-order valence-corrected chi connectivity index (χ3v) is 4.86. The van der Waals surface area contributed by atoms with Crippen molar-refractivity contribution in [1.82, 2.24) is 10.6 Å². The van der Waals surface area contributed by atoms with E-state index in [0.29, 0.717) is 5.75 Å². The van der Waals surface area contributed by atoms with E-state index in [1.54, 1.807) is 0 Å². The maximum Gasteiger partial charge on any atom is 0.407 e. The zero-order chi connectivity index (χ0) is 19.3. The van der Waals surface area contributed by atoms with Gasteiger partial charge in [0.2, 0.25) is 5.91 Å². The maximum absolute atomic E-state index is 12.2. The van der Waals surface area contributed by atoms with Gasteiger partial charge in [0.15, 0.2) is 0 Å². The van der Waals surface area contributed by atoms with Crippen LogP contribution in [0.1, 0.15) is 11.1 Å². The lowest BCUT2D eigenvalue weighted by Crippen LogP contribution is -2.41. The molecule has 2 rings (SSSR count). The molecule has 2 amide bonds. The Balaban J connectivity index is 1.83. The first-order valence-electron chi connectivity index (χ1n) is 8.44. The monoisotopic (exact) mass is 383 g/mol. The molecule has 0 saturated heterocycles. The fraction of sp³-hybridized carbons (Fsp3) is 0.250. The first-order chi connectivity index (χ1) is 13.2. The van der Waals surface area contributed by atoms with Crippen molar-refractivity contribution in [3.63, 3.8) is 0 Å². The summed E-state index contributed by atoms with van der Waals surface area (Å²) in [7, 11) is 0. The minimum absolute atomic E-state index is 0.0698. The van der Waals surface area contributed by atoms with E-state index in [1.165, 1.54) is 11.8 Å². The molecule has 7 heteroatoms. The lowest BCUT2D eigenvalue weighted by atomic mass is 10.2. The molecule has 140 valence electrons. The topological polar surface area (TPSA) is 91.2 Å². The second-order valence-electron chi connectivity index (χ2n) is 5.60. The van der Waals surface area contributed by atoms with Crippen molar-refractivity contribution in [2.24, 2.45) is 0 Å². The number of carbonyl (C=O) groups is 2. The SMILES string of the molecule is N#CCNC(=O)C(CNC(=O)OCc1ccccc1)SCc1ccccc1. The van der Waals surface area contributed by atoms with Crippen LogP contribution in [0.15, 0.2) is 60.7 Å². The van der Waals surface area contributed by atoms with Gasteiger partial charge in [-0.05, 0) is 11.1 Å². The molecular weight excluding hydrogens is 362 g/mol. The van der Waals surface area contributed by atoms with E-state index >= 15 is 0 Å². The number of benzene rings is 2. The second kappa shape index (κ2) is 11.6. The predicted molar refractivity (Wildman–Crippen MR) is 105 cm³/mol. The van der Waals surface area contributed by atoms with Gasteiger partial charge in [0.25, 0.3) is 0 Å². The fourth-order valence-electron chi connectivity index (χ4n) is 2.19. The minimum Gasteiger partial charge on any atom is -0.445 e. The van der Waals surface area contributed by atoms with Gasteiger partial charge >= 0.3 is 6.09 Å². The molecule has 0 aliphatic rings. The highest BCUT2D eigenvalue weighted by Gasteiger charge is 2.20. The molecule has 1 unspecified atom stereocenters. The number of nitrogens with one attached hydrogen (secondary N) is 2. The third-order valence-electron chi connectivity index (χ3n) is 3.57. The lowest BCUT2D eigenvalue weighted by Gasteiger charge is -2.16. The van der Waals surface area contributed by atoms with E-state index in [1.807, 2.05) is 66.7 Å². The standard InChI is InChI=1S/C20H21N3O3S/c21-11-12-22-19(24)18(27-15-17-9-5-2-6-10-17)13-23-20(25)26-14-16-7-3-1-4-8-16/h1-10,18H,12-15H2,(H,22,24)(H,23,25). The highest BCUT2D eigenvalue weighted by Crippen LogP contribution is 2.17. The van der Waals surface area contributed by atoms with Crippen LogP contribution in [0.25, 0.3) is 0 Å². The highest BCUT2D eigenvalue weighted by molar-refractivity contribution is 7.99. The van der Waals surface area contributed by atoms with E-state index in [4.69, 9.17) is 10.00 Å². The molecule has 0 saturated carbocycles. The minimum atomic E-state index is -0.586. The number of nitriles is 1. The number of ether oxygens (including phenoxy) is 1. The number of hydrogen-bond acceptors (Lipinski definition) is 5. The molecule has 0 spiro atoms. The van der Waals surface area contributed by atoms with Crippen molar-refractivity contribution in [2.45, 2.75) is 17.6 Å². The van der Waals surface area contributed by atoms with E-state index in [2.05, 4.69) is 10.6 Å². The molecule has 2 aromatic rings. The Bertz CT molecular complexity index is 763. The molecular formula is C20H21N3O3S. The number of nitrogens with zero attached hydrogens (tertiary/aromatic N) is 1. The highest BCUT2D eigenvalue weighted by atomic mass is 32.2. The summed E-state index contributed by atoms with van der Waals surface area (Å²) in [5, 5.41) is 13.3. The Labute approximate surface area is 162 Å². The van der Waals surface area contributed by atoms with Crippen molar-refractivity contribution >= 4 is 23.8 Å². The summed E-state index contributed by atoms with van der Waals surface area (Å²) in [6.45, 7) is 0.206. The quantitative estimate of drug-likeness (QED) is 0.650. The molecule has 2 aromatic carbocycles. The first kappa shape index (κ1) is 20.3. The molecule has 1 atom stereocenters. The average molecular weight is 383 g/mol. The Hall–Kier alpha value is -2.98. The Morgan fingerprint density at radius 1 is 1.00 bits per heavy atom. The molecule has 0 aromatic heterocycles. The van der Waals surface area contributed by atoms with E-state index in [9.17, 15) is 9.59 Å². The first-order valence-corrected chi connectivity index (χ1v) is 9.48. The molecule has 2 N–H and O–H groups in total. The fourth-order valence-corrected chi connectivity index (χ4v) is 3.21. The number of thioether (sulfide) groups is 1. The molecule has 0 heterocycles. The molecule has 0 aliphatic heterocycles. The lowest BCUT2D eigenvalue weighted by molar-refractivity contribution is -0.120. The van der Waals surface area contributed by atoms with Crippen LogP contribution in [0.4, 0.5) is 4.79 Å². The molecule has 27 heavy (non-hydrogen) atoms. The smallest absolute Gasteiger partial charge is 0.407 e. The second-order valence-corrected chi connectivity index (χ2v) is 6.79. The number of rotatable bonds is 9. The zero-order valence-corrected chi connectivity index (χ0v) is 15.6. The van der Waals surface area contributed by atoms with E-state index in [0.717, 1.165) is 11.1 Å². The summed E-state index contributed by atoms with van der Waals surface area (Å²) in [4.78, 5) is 24.1. The molecule has 6 nitrogen and oxygen atoms in total. The summed E-state index contributed by atoms with van der Waals surface area (Å²) < 4.78 is 5.16. The third kappa shape index (κ3) is 7.84. The molecule has 0 aliphatic carbocycles.